The first kappa shape index (κ1) is 20.9. The summed E-state index contributed by atoms with van der Waals surface area (Å²) in [5.41, 5.74) is 1.68. The molecule has 0 aromatic heterocycles. The van der Waals surface area contributed by atoms with E-state index in [0.29, 0.717) is 12.1 Å². The molecule has 7 heteroatoms. The monoisotopic (exact) mass is 420 g/mol. The first-order valence-corrected chi connectivity index (χ1v) is 10.8. The van der Waals surface area contributed by atoms with Gasteiger partial charge in [-0.2, -0.15) is 0 Å². The van der Waals surface area contributed by atoms with Crippen LogP contribution in [0.1, 0.15) is 37.3 Å². The molecule has 2 aromatic carbocycles. The van der Waals surface area contributed by atoms with Crippen LogP contribution in [0.15, 0.2) is 54.6 Å². The molecule has 2 aliphatic rings. The van der Waals surface area contributed by atoms with E-state index >= 15 is 0 Å². The van der Waals surface area contributed by atoms with Crippen molar-refractivity contribution in [2.24, 2.45) is 0 Å². The molecule has 2 aliphatic heterocycles. The number of imide groups is 1. The van der Waals surface area contributed by atoms with Gasteiger partial charge in [-0.3, -0.25) is 14.5 Å². The molecular formula is C24H28N4O3. The van der Waals surface area contributed by atoms with Gasteiger partial charge in [-0.1, -0.05) is 42.5 Å². The van der Waals surface area contributed by atoms with Crippen molar-refractivity contribution in [1.82, 2.24) is 15.5 Å². The number of hydrogen-bond acceptors (Lipinski definition) is 4. The summed E-state index contributed by atoms with van der Waals surface area (Å²) in [6, 6.07) is 16.6. The molecule has 2 N–H and O–H groups in total. The predicted molar refractivity (Wildman–Crippen MR) is 118 cm³/mol. The highest BCUT2D eigenvalue weighted by Gasteiger charge is 2.49. The van der Waals surface area contributed by atoms with E-state index in [4.69, 9.17) is 0 Å². The molecule has 2 fully saturated rings. The van der Waals surface area contributed by atoms with Crippen LogP contribution in [0.5, 0.6) is 0 Å². The minimum atomic E-state index is -1.17. The molecule has 31 heavy (non-hydrogen) atoms. The third kappa shape index (κ3) is 4.40. The molecule has 4 amide bonds. The van der Waals surface area contributed by atoms with Crippen LogP contribution < -0.4 is 15.5 Å². The summed E-state index contributed by atoms with van der Waals surface area (Å²) in [7, 11) is 0. The van der Waals surface area contributed by atoms with E-state index in [2.05, 4.69) is 27.7 Å². The topological polar surface area (TPSA) is 81.8 Å². The zero-order valence-electron chi connectivity index (χ0n) is 17.8. The largest absolute Gasteiger partial charge is 0.372 e. The average Bonchev–Trinajstić information content (AvgIpc) is 3.03. The van der Waals surface area contributed by atoms with Crippen molar-refractivity contribution in [3.05, 3.63) is 65.7 Å². The van der Waals surface area contributed by atoms with Crippen molar-refractivity contribution in [1.29, 1.82) is 0 Å². The molecule has 7 nitrogen and oxygen atoms in total. The summed E-state index contributed by atoms with van der Waals surface area (Å²) in [6.45, 7) is 3.82. The van der Waals surface area contributed by atoms with Gasteiger partial charge in [-0.25, -0.2) is 4.79 Å². The maximum Gasteiger partial charge on any atom is 0.325 e. The summed E-state index contributed by atoms with van der Waals surface area (Å²) in [5.74, 6) is -0.796. The van der Waals surface area contributed by atoms with Gasteiger partial charge in [-0.05, 0) is 49.4 Å². The van der Waals surface area contributed by atoms with Gasteiger partial charge in [0.2, 0.25) is 5.91 Å². The lowest BCUT2D eigenvalue weighted by molar-refractivity contribution is -0.134. The lowest BCUT2D eigenvalue weighted by atomic mass is 9.92. The second-order valence-corrected chi connectivity index (χ2v) is 8.31. The molecule has 0 spiro atoms. The average molecular weight is 421 g/mol. The molecule has 1 atom stereocenters. The molecule has 4 rings (SSSR count). The first-order valence-electron chi connectivity index (χ1n) is 10.8. The quantitative estimate of drug-likeness (QED) is 0.704. The highest BCUT2D eigenvalue weighted by atomic mass is 16.2. The van der Waals surface area contributed by atoms with E-state index in [1.807, 2.05) is 30.3 Å². The fraction of sp³-hybridized carbons (Fsp3) is 0.375. The lowest BCUT2D eigenvalue weighted by Crippen LogP contribution is -2.43. The number of carbonyl (C=O) groups excluding carboxylic acids is 3. The van der Waals surface area contributed by atoms with Crippen LogP contribution >= 0.6 is 0 Å². The standard InChI is InChI=1S/C24H28N4O3/c1-24(19-10-4-2-5-11-19)22(30)28(23(31)26-24)17-21(29)25-16-18-9-8-12-20(15-18)27-13-6-3-7-14-27/h2,4-5,8-12,15H,3,6-7,13-14,16-17H2,1H3,(H,25,29)(H,26,31). The number of rotatable bonds is 6. The van der Waals surface area contributed by atoms with Gasteiger partial charge in [0.15, 0.2) is 0 Å². The van der Waals surface area contributed by atoms with Crippen molar-refractivity contribution in [2.45, 2.75) is 38.3 Å². The Balaban J connectivity index is 1.36. The van der Waals surface area contributed by atoms with Gasteiger partial charge < -0.3 is 15.5 Å². The Morgan fingerprint density at radius 2 is 1.77 bits per heavy atom. The van der Waals surface area contributed by atoms with E-state index in [-0.39, 0.29) is 12.5 Å². The zero-order valence-corrected chi connectivity index (χ0v) is 17.8. The zero-order chi connectivity index (χ0) is 21.8. The van der Waals surface area contributed by atoms with E-state index in [1.54, 1.807) is 19.1 Å². The number of urea groups is 1. The fourth-order valence-electron chi connectivity index (χ4n) is 4.22. The molecule has 0 bridgehead atoms. The summed E-state index contributed by atoms with van der Waals surface area (Å²) >= 11 is 0. The Bertz CT molecular complexity index is 972. The van der Waals surface area contributed by atoms with Gasteiger partial charge in [0, 0.05) is 25.3 Å². The van der Waals surface area contributed by atoms with Crippen LogP contribution in [-0.2, 0) is 21.7 Å². The van der Waals surface area contributed by atoms with Crippen molar-refractivity contribution in [3.63, 3.8) is 0 Å². The van der Waals surface area contributed by atoms with Crippen molar-refractivity contribution in [3.8, 4) is 0 Å². The third-order valence-electron chi connectivity index (χ3n) is 6.05. The molecule has 2 aromatic rings. The van der Waals surface area contributed by atoms with E-state index in [9.17, 15) is 14.4 Å². The second kappa shape index (κ2) is 8.79. The normalized spacial score (nSPS) is 21.2. The van der Waals surface area contributed by atoms with Crippen LogP contribution in [0.2, 0.25) is 0 Å². The fourth-order valence-corrected chi connectivity index (χ4v) is 4.22. The maximum absolute atomic E-state index is 12.9. The summed E-state index contributed by atoms with van der Waals surface area (Å²) < 4.78 is 0. The van der Waals surface area contributed by atoms with E-state index in [0.717, 1.165) is 23.6 Å². The van der Waals surface area contributed by atoms with Crippen molar-refractivity contribution in [2.75, 3.05) is 24.5 Å². The number of nitrogens with zero attached hydrogens (tertiary/aromatic N) is 2. The number of anilines is 1. The number of carbonyl (C=O) groups is 3. The highest BCUT2D eigenvalue weighted by molar-refractivity contribution is 6.09. The number of benzene rings is 2. The predicted octanol–water partition coefficient (Wildman–Crippen LogP) is 2.76. The van der Waals surface area contributed by atoms with Crippen LogP contribution in [0.4, 0.5) is 10.5 Å². The molecular weight excluding hydrogens is 392 g/mol. The molecule has 0 saturated carbocycles. The summed E-state index contributed by atoms with van der Waals surface area (Å²) in [6.07, 6.45) is 3.68. The number of amides is 4. The summed E-state index contributed by atoms with van der Waals surface area (Å²) in [4.78, 5) is 41.2. The second-order valence-electron chi connectivity index (χ2n) is 8.31. The maximum atomic E-state index is 12.9. The minimum Gasteiger partial charge on any atom is -0.372 e. The highest BCUT2D eigenvalue weighted by Crippen LogP contribution is 2.28. The van der Waals surface area contributed by atoms with Crippen LogP contribution in [0.3, 0.4) is 0 Å². The van der Waals surface area contributed by atoms with Gasteiger partial charge in [0.05, 0.1) is 0 Å². The van der Waals surface area contributed by atoms with Gasteiger partial charge >= 0.3 is 6.03 Å². The van der Waals surface area contributed by atoms with Gasteiger partial charge in [0.25, 0.3) is 5.91 Å². The van der Waals surface area contributed by atoms with E-state index in [1.165, 1.54) is 24.9 Å². The number of piperidine rings is 1. The minimum absolute atomic E-state index is 0.307. The van der Waals surface area contributed by atoms with Gasteiger partial charge in [-0.15, -0.1) is 0 Å². The Labute approximate surface area is 182 Å². The van der Waals surface area contributed by atoms with Crippen LogP contribution in [-0.4, -0.2) is 42.4 Å². The lowest BCUT2D eigenvalue weighted by Gasteiger charge is -2.29. The van der Waals surface area contributed by atoms with Crippen LogP contribution in [0, 0.1) is 0 Å². The molecule has 162 valence electrons. The van der Waals surface area contributed by atoms with Crippen molar-refractivity contribution < 1.29 is 14.4 Å². The number of nitrogens with one attached hydrogen (secondary N) is 2. The SMILES string of the molecule is CC1(c2ccccc2)NC(=O)N(CC(=O)NCc2cccc(N3CCCCC3)c2)C1=O. The number of hydrogen-bond donors (Lipinski definition) is 2. The molecule has 1 unspecified atom stereocenters. The van der Waals surface area contributed by atoms with Gasteiger partial charge in [0.1, 0.15) is 12.1 Å². The Morgan fingerprint density at radius 3 is 2.52 bits per heavy atom. The molecule has 2 saturated heterocycles. The third-order valence-corrected chi connectivity index (χ3v) is 6.05. The van der Waals surface area contributed by atoms with Crippen LogP contribution in [0.25, 0.3) is 0 Å². The first-order chi connectivity index (χ1) is 15.0. The van der Waals surface area contributed by atoms with E-state index < -0.39 is 17.5 Å². The molecule has 0 aliphatic carbocycles. The summed E-state index contributed by atoms with van der Waals surface area (Å²) in [5, 5.41) is 5.55. The smallest absolute Gasteiger partial charge is 0.325 e. The van der Waals surface area contributed by atoms with Crippen molar-refractivity contribution >= 4 is 23.5 Å². The Morgan fingerprint density at radius 1 is 1.03 bits per heavy atom. The Hall–Kier alpha value is -3.35. The molecule has 0 radical (unpaired) electrons. The molecule has 2 heterocycles. The Kier molecular flexibility index (Phi) is 5.93.